The maximum Gasteiger partial charge on any atom is 0.156 e. The first-order chi connectivity index (χ1) is 13.3. The molecule has 0 spiro atoms. The van der Waals surface area contributed by atoms with Crippen LogP contribution in [0.5, 0.6) is 0 Å². The second kappa shape index (κ2) is 7.25. The van der Waals surface area contributed by atoms with Gasteiger partial charge in [-0.3, -0.25) is 9.88 Å². The van der Waals surface area contributed by atoms with Crippen molar-refractivity contribution in [3.05, 3.63) is 54.2 Å². The molecule has 7 heteroatoms. The third-order valence-corrected chi connectivity index (χ3v) is 5.47. The molecule has 2 saturated heterocycles. The summed E-state index contributed by atoms with van der Waals surface area (Å²) in [7, 11) is 0. The third-order valence-electron chi connectivity index (χ3n) is 5.47. The van der Waals surface area contributed by atoms with Crippen LogP contribution >= 0.6 is 0 Å². The Hall–Kier alpha value is -2.51. The van der Waals surface area contributed by atoms with E-state index in [-0.39, 0.29) is 0 Å². The van der Waals surface area contributed by atoms with Crippen LogP contribution in [0.25, 0.3) is 5.65 Å². The molecule has 0 radical (unpaired) electrons. The number of morpholine rings is 1. The largest absolute Gasteiger partial charge is 0.378 e. The van der Waals surface area contributed by atoms with Crippen molar-refractivity contribution >= 4 is 11.3 Å². The van der Waals surface area contributed by atoms with Gasteiger partial charge in [0.1, 0.15) is 0 Å². The van der Waals surface area contributed by atoms with Gasteiger partial charge in [0.05, 0.1) is 25.1 Å². The number of fused-ring (bicyclic) bond motifs is 1. The summed E-state index contributed by atoms with van der Waals surface area (Å²) in [6, 6.07) is 8.35. The summed E-state index contributed by atoms with van der Waals surface area (Å²) in [5.74, 6) is 1.36. The van der Waals surface area contributed by atoms with Gasteiger partial charge >= 0.3 is 0 Å². The Morgan fingerprint density at radius 3 is 2.89 bits per heavy atom. The standard InChI is InChI=1S/C20H24N6O/c1-2-16(12-21-6-1)13-24-7-5-17(14-24)20-22-19-4-3-18(15-26(19)23-20)25-8-10-27-11-9-25/h1-4,6,12,15,17H,5,7-11,13-14H2. The molecule has 0 N–H and O–H groups in total. The Morgan fingerprint density at radius 1 is 1.11 bits per heavy atom. The highest BCUT2D eigenvalue weighted by molar-refractivity contribution is 5.51. The number of rotatable bonds is 4. The normalized spacial score (nSPS) is 21.2. The SMILES string of the molecule is c1cncc(CN2CCC(c3nc4ccc(N5CCOCC5)cn4n3)C2)c1. The van der Waals surface area contributed by atoms with Gasteiger partial charge < -0.3 is 9.64 Å². The molecule has 3 aromatic heterocycles. The molecule has 7 nitrogen and oxygen atoms in total. The Labute approximate surface area is 158 Å². The first-order valence-electron chi connectivity index (χ1n) is 9.65. The van der Waals surface area contributed by atoms with Gasteiger partial charge in [0.2, 0.25) is 0 Å². The maximum atomic E-state index is 5.45. The number of aromatic nitrogens is 4. The molecule has 2 aliphatic heterocycles. The third kappa shape index (κ3) is 3.52. The van der Waals surface area contributed by atoms with Gasteiger partial charge in [0.25, 0.3) is 0 Å². The lowest BCUT2D eigenvalue weighted by Crippen LogP contribution is -2.36. The van der Waals surface area contributed by atoms with E-state index in [4.69, 9.17) is 14.8 Å². The fourth-order valence-electron chi connectivity index (χ4n) is 4.01. The Balaban J connectivity index is 1.30. The highest BCUT2D eigenvalue weighted by Gasteiger charge is 2.27. The van der Waals surface area contributed by atoms with Gasteiger partial charge in [0, 0.05) is 44.5 Å². The van der Waals surface area contributed by atoms with Crippen LogP contribution in [-0.4, -0.2) is 63.9 Å². The lowest BCUT2D eigenvalue weighted by molar-refractivity contribution is 0.122. The summed E-state index contributed by atoms with van der Waals surface area (Å²) in [4.78, 5) is 13.8. The predicted molar refractivity (Wildman–Crippen MR) is 103 cm³/mol. The van der Waals surface area contributed by atoms with Crippen LogP contribution in [-0.2, 0) is 11.3 Å². The van der Waals surface area contributed by atoms with E-state index in [1.165, 1.54) is 11.3 Å². The molecule has 3 aromatic rings. The topological polar surface area (TPSA) is 58.8 Å². The van der Waals surface area contributed by atoms with Crippen molar-refractivity contribution in [1.29, 1.82) is 0 Å². The number of ether oxygens (including phenoxy) is 1. The Morgan fingerprint density at radius 2 is 2.04 bits per heavy atom. The van der Waals surface area contributed by atoms with Crippen molar-refractivity contribution in [2.45, 2.75) is 18.9 Å². The molecule has 0 aromatic carbocycles. The van der Waals surface area contributed by atoms with Crippen LogP contribution in [0, 0.1) is 0 Å². The van der Waals surface area contributed by atoms with Crippen LogP contribution in [0.15, 0.2) is 42.9 Å². The molecule has 1 atom stereocenters. The molecule has 0 bridgehead atoms. The highest BCUT2D eigenvalue weighted by atomic mass is 16.5. The predicted octanol–water partition coefficient (Wildman–Crippen LogP) is 1.95. The fraction of sp³-hybridized carbons (Fsp3) is 0.450. The summed E-state index contributed by atoms with van der Waals surface area (Å²) < 4.78 is 7.38. The quantitative estimate of drug-likeness (QED) is 0.705. The highest BCUT2D eigenvalue weighted by Crippen LogP contribution is 2.27. The Kier molecular flexibility index (Phi) is 4.47. The summed E-state index contributed by atoms with van der Waals surface area (Å²) in [5, 5.41) is 4.80. The van der Waals surface area contributed by atoms with Crippen molar-refractivity contribution < 1.29 is 4.74 Å². The van der Waals surface area contributed by atoms with Gasteiger partial charge in [-0.15, -0.1) is 0 Å². The minimum absolute atomic E-state index is 0.397. The van der Waals surface area contributed by atoms with E-state index in [1.807, 2.05) is 23.0 Å². The molecular weight excluding hydrogens is 340 g/mol. The molecule has 1 unspecified atom stereocenters. The van der Waals surface area contributed by atoms with Crippen molar-refractivity contribution in [2.75, 3.05) is 44.3 Å². The van der Waals surface area contributed by atoms with Crippen molar-refractivity contribution in [3.63, 3.8) is 0 Å². The van der Waals surface area contributed by atoms with E-state index in [1.54, 1.807) is 0 Å². The number of anilines is 1. The van der Waals surface area contributed by atoms with Gasteiger partial charge in [-0.25, -0.2) is 9.50 Å². The van der Waals surface area contributed by atoms with Crippen LogP contribution in [0.1, 0.15) is 23.7 Å². The molecule has 2 fully saturated rings. The number of likely N-dealkylation sites (tertiary alicyclic amines) is 1. The van der Waals surface area contributed by atoms with E-state index >= 15 is 0 Å². The van der Waals surface area contributed by atoms with E-state index < -0.39 is 0 Å². The number of hydrogen-bond donors (Lipinski definition) is 0. The Bertz CT molecular complexity index is 905. The van der Waals surface area contributed by atoms with Gasteiger partial charge in [-0.2, -0.15) is 5.10 Å². The van der Waals surface area contributed by atoms with E-state index in [0.29, 0.717) is 5.92 Å². The van der Waals surface area contributed by atoms with Crippen molar-refractivity contribution in [2.24, 2.45) is 0 Å². The van der Waals surface area contributed by atoms with Crippen LogP contribution in [0.3, 0.4) is 0 Å². The molecule has 0 amide bonds. The van der Waals surface area contributed by atoms with Crippen molar-refractivity contribution in [3.8, 4) is 0 Å². The second-order valence-corrected chi connectivity index (χ2v) is 7.34. The zero-order valence-corrected chi connectivity index (χ0v) is 15.4. The maximum absolute atomic E-state index is 5.45. The molecular formula is C20H24N6O. The number of pyridine rings is 2. The average Bonchev–Trinajstić information content (AvgIpc) is 3.35. The number of hydrogen-bond acceptors (Lipinski definition) is 6. The molecule has 0 aliphatic carbocycles. The lowest BCUT2D eigenvalue weighted by atomic mass is 10.1. The van der Waals surface area contributed by atoms with E-state index in [0.717, 1.165) is 63.8 Å². The molecule has 5 heterocycles. The summed E-state index contributed by atoms with van der Waals surface area (Å²) >= 11 is 0. The average molecular weight is 364 g/mol. The first-order valence-corrected chi connectivity index (χ1v) is 9.65. The van der Waals surface area contributed by atoms with Crippen LogP contribution < -0.4 is 4.90 Å². The van der Waals surface area contributed by atoms with Crippen LogP contribution in [0.4, 0.5) is 5.69 Å². The van der Waals surface area contributed by atoms with E-state index in [2.05, 4.69) is 39.2 Å². The monoisotopic (exact) mass is 364 g/mol. The van der Waals surface area contributed by atoms with Crippen LogP contribution in [0.2, 0.25) is 0 Å². The lowest BCUT2D eigenvalue weighted by Gasteiger charge is -2.28. The molecule has 2 aliphatic rings. The van der Waals surface area contributed by atoms with Gasteiger partial charge in [-0.1, -0.05) is 6.07 Å². The second-order valence-electron chi connectivity index (χ2n) is 7.34. The van der Waals surface area contributed by atoms with Crippen molar-refractivity contribution in [1.82, 2.24) is 24.5 Å². The molecule has 27 heavy (non-hydrogen) atoms. The molecule has 140 valence electrons. The summed E-state index contributed by atoms with van der Waals surface area (Å²) in [5.41, 5.74) is 3.37. The minimum atomic E-state index is 0.397. The molecule has 0 saturated carbocycles. The first kappa shape index (κ1) is 16.6. The molecule has 5 rings (SSSR count). The summed E-state index contributed by atoms with van der Waals surface area (Å²) in [6.07, 6.45) is 6.97. The van der Waals surface area contributed by atoms with Gasteiger partial charge in [0.15, 0.2) is 11.5 Å². The fourth-order valence-corrected chi connectivity index (χ4v) is 4.01. The zero-order valence-electron chi connectivity index (χ0n) is 15.4. The van der Waals surface area contributed by atoms with Gasteiger partial charge in [-0.05, 0) is 36.7 Å². The zero-order chi connectivity index (χ0) is 18.1. The smallest absolute Gasteiger partial charge is 0.156 e. The number of nitrogens with zero attached hydrogens (tertiary/aromatic N) is 6. The summed E-state index contributed by atoms with van der Waals surface area (Å²) in [6.45, 7) is 6.46. The van der Waals surface area contributed by atoms with E-state index in [9.17, 15) is 0 Å². The minimum Gasteiger partial charge on any atom is -0.378 e.